The molecule has 4 aromatic rings. The highest BCUT2D eigenvalue weighted by Crippen LogP contribution is 2.37. The van der Waals surface area contributed by atoms with E-state index in [0.29, 0.717) is 11.1 Å². The summed E-state index contributed by atoms with van der Waals surface area (Å²) in [4.78, 5) is 15.0. The SMILES string of the molecule is CN(c1cnc2c(-c3ccc4nn(C)cc4c3Cl)c[nH]c2n1)[C@@H]1CCC[C@@H](N)C1. The maximum Gasteiger partial charge on any atom is 0.159 e. The number of hydrogen-bond acceptors (Lipinski definition) is 5. The van der Waals surface area contributed by atoms with E-state index in [2.05, 4.69) is 22.0 Å². The number of H-pyrrole nitrogens is 1. The van der Waals surface area contributed by atoms with Gasteiger partial charge in [0, 0.05) is 55.1 Å². The van der Waals surface area contributed by atoms with Crippen LogP contribution in [0, 0.1) is 0 Å². The summed E-state index contributed by atoms with van der Waals surface area (Å²) in [7, 11) is 3.97. The Labute approximate surface area is 173 Å². The van der Waals surface area contributed by atoms with E-state index in [1.165, 1.54) is 0 Å². The Morgan fingerprint density at radius 2 is 2.14 bits per heavy atom. The Kier molecular flexibility index (Phi) is 4.44. The number of hydrogen-bond donors (Lipinski definition) is 2. The van der Waals surface area contributed by atoms with Crippen LogP contribution in [0.2, 0.25) is 5.02 Å². The first-order valence-electron chi connectivity index (χ1n) is 9.96. The number of nitrogens with two attached hydrogens (primary N) is 1. The molecule has 3 aromatic heterocycles. The maximum atomic E-state index is 6.71. The molecule has 150 valence electrons. The molecule has 8 heteroatoms. The first kappa shape index (κ1) is 18.4. The zero-order valence-corrected chi connectivity index (χ0v) is 17.3. The van der Waals surface area contributed by atoms with E-state index >= 15 is 0 Å². The molecule has 0 aliphatic heterocycles. The van der Waals surface area contributed by atoms with Crippen molar-refractivity contribution >= 4 is 39.5 Å². The highest BCUT2D eigenvalue weighted by atomic mass is 35.5. The van der Waals surface area contributed by atoms with Crippen LogP contribution in [0.15, 0.2) is 30.7 Å². The van der Waals surface area contributed by atoms with Gasteiger partial charge in [-0.15, -0.1) is 0 Å². The van der Waals surface area contributed by atoms with Crippen molar-refractivity contribution < 1.29 is 0 Å². The molecule has 1 fully saturated rings. The van der Waals surface area contributed by atoms with Crippen molar-refractivity contribution in [1.82, 2.24) is 24.7 Å². The Hall–Kier alpha value is -2.64. The fraction of sp³-hybridized carbons (Fsp3) is 0.381. The van der Waals surface area contributed by atoms with Gasteiger partial charge in [-0.2, -0.15) is 5.10 Å². The zero-order chi connectivity index (χ0) is 20.1. The minimum absolute atomic E-state index is 0.273. The van der Waals surface area contributed by atoms with Gasteiger partial charge in [0.15, 0.2) is 5.65 Å². The average molecular weight is 410 g/mol. The second-order valence-corrected chi connectivity index (χ2v) is 8.36. The summed E-state index contributed by atoms with van der Waals surface area (Å²) >= 11 is 6.71. The van der Waals surface area contributed by atoms with Crippen LogP contribution in [-0.2, 0) is 7.05 Å². The molecule has 0 saturated heterocycles. The number of fused-ring (bicyclic) bond motifs is 2. The van der Waals surface area contributed by atoms with E-state index in [1.807, 2.05) is 37.8 Å². The highest BCUT2D eigenvalue weighted by molar-refractivity contribution is 6.38. The lowest BCUT2D eigenvalue weighted by Crippen LogP contribution is -2.41. The normalized spacial score (nSPS) is 19.9. The van der Waals surface area contributed by atoms with Gasteiger partial charge in [-0.25, -0.2) is 9.97 Å². The van der Waals surface area contributed by atoms with Crippen molar-refractivity contribution in [2.75, 3.05) is 11.9 Å². The van der Waals surface area contributed by atoms with Crippen molar-refractivity contribution in [3.8, 4) is 11.1 Å². The Morgan fingerprint density at radius 3 is 2.97 bits per heavy atom. The van der Waals surface area contributed by atoms with Gasteiger partial charge >= 0.3 is 0 Å². The fourth-order valence-corrected chi connectivity index (χ4v) is 4.70. The van der Waals surface area contributed by atoms with Crippen LogP contribution in [0.25, 0.3) is 33.2 Å². The van der Waals surface area contributed by atoms with E-state index in [1.54, 1.807) is 4.68 Å². The maximum absolute atomic E-state index is 6.71. The summed E-state index contributed by atoms with van der Waals surface area (Å²) in [6, 6.07) is 4.65. The van der Waals surface area contributed by atoms with E-state index in [4.69, 9.17) is 27.3 Å². The Bertz CT molecular complexity index is 1190. The minimum Gasteiger partial charge on any atom is -0.355 e. The zero-order valence-electron chi connectivity index (χ0n) is 16.6. The molecule has 0 unspecified atom stereocenters. The largest absolute Gasteiger partial charge is 0.355 e. The molecule has 2 atom stereocenters. The first-order valence-corrected chi connectivity index (χ1v) is 10.3. The number of aromatic amines is 1. The lowest BCUT2D eigenvalue weighted by Gasteiger charge is -2.34. The third kappa shape index (κ3) is 3.14. The van der Waals surface area contributed by atoms with Gasteiger partial charge in [-0.3, -0.25) is 4.68 Å². The molecule has 29 heavy (non-hydrogen) atoms. The Balaban J connectivity index is 1.52. The molecule has 1 aliphatic rings. The predicted octanol–water partition coefficient (Wildman–Crippen LogP) is 3.87. The van der Waals surface area contributed by atoms with Gasteiger partial charge in [-0.05, 0) is 31.7 Å². The van der Waals surface area contributed by atoms with Crippen LogP contribution in [0.4, 0.5) is 5.82 Å². The molecule has 1 aliphatic carbocycles. The summed E-state index contributed by atoms with van der Waals surface area (Å²) < 4.78 is 1.77. The van der Waals surface area contributed by atoms with Crippen LogP contribution in [0.3, 0.4) is 0 Å². The lowest BCUT2D eigenvalue weighted by atomic mass is 9.91. The lowest BCUT2D eigenvalue weighted by molar-refractivity contribution is 0.381. The number of benzene rings is 1. The smallest absolute Gasteiger partial charge is 0.159 e. The minimum atomic E-state index is 0.273. The average Bonchev–Trinajstić information content (AvgIpc) is 3.30. The van der Waals surface area contributed by atoms with Gasteiger partial charge in [-0.1, -0.05) is 17.7 Å². The molecule has 5 rings (SSSR count). The van der Waals surface area contributed by atoms with Gasteiger partial charge in [0.05, 0.1) is 16.7 Å². The molecule has 0 bridgehead atoms. The van der Waals surface area contributed by atoms with Crippen LogP contribution >= 0.6 is 11.6 Å². The predicted molar refractivity (Wildman–Crippen MR) is 117 cm³/mol. The second kappa shape index (κ2) is 7.00. The van der Waals surface area contributed by atoms with Gasteiger partial charge in [0.1, 0.15) is 11.3 Å². The van der Waals surface area contributed by atoms with Crippen molar-refractivity contribution in [2.24, 2.45) is 12.8 Å². The molecule has 0 spiro atoms. The number of aryl methyl sites for hydroxylation is 1. The Morgan fingerprint density at radius 1 is 1.28 bits per heavy atom. The quantitative estimate of drug-likeness (QED) is 0.536. The fourth-order valence-electron chi connectivity index (χ4n) is 4.39. The summed E-state index contributed by atoms with van der Waals surface area (Å²) in [6.45, 7) is 0. The first-order chi connectivity index (χ1) is 14.0. The molecule has 3 heterocycles. The van der Waals surface area contributed by atoms with E-state index in [-0.39, 0.29) is 6.04 Å². The summed E-state index contributed by atoms with van der Waals surface area (Å²) in [6.07, 6.45) is 10.1. The van der Waals surface area contributed by atoms with Crippen molar-refractivity contribution in [3.63, 3.8) is 0 Å². The van der Waals surface area contributed by atoms with Crippen LogP contribution in [-0.4, -0.2) is 43.9 Å². The van der Waals surface area contributed by atoms with E-state index in [9.17, 15) is 0 Å². The van der Waals surface area contributed by atoms with Crippen molar-refractivity contribution in [1.29, 1.82) is 0 Å². The van der Waals surface area contributed by atoms with Crippen molar-refractivity contribution in [3.05, 3.63) is 35.7 Å². The number of aromatic nitrogens is 5. The van der Waals surface area contributed by atoms with Crippen molar-refractivity contribution in [2.45, 2.75) is 37.8 Å². The molecule has 7 nitrogen and oxygen atoms in total. The second-order valence-electron chi connectivity index (χ2n) is 7.98. The van der Waals surface area contributed by atoms with Crippen LogP contribution in [0.1, 0.15) is 25.7 Å². The van der Waals surface area contributed by atoms with E-state index < -0.39 is 0 Å². The monoisotopic (exact) mass is 409 g/mol. The van der Waals surface area contributed by atoms with Crippen LogP contribution < -0.4 is 10.6 Å². The molecular formula is C21H24ClN7. The molecule has 3 N–H and O–H groups in total. The third-order valence-corrected chi connectivity index (χ3v) is 6.40. The number of rotatable bonds is 3. The summed E-state index contributed by atoms with van der Waals surface area (Å²) in [5.41, 5.74) is 10.5. The summed E-state index contributed by atoms with van der Waals surface area (Å²) in [5, 5.41) is 6.03. The number of nitrogens with zero attached hydrogens (tertiary/aromatic N) is 5. The van der Waals surface area contributed by atoms with Gasteiger partial charge < -0.3 is 15.6 Å². The number of anilines is 1. The molecule has 1 saturated carbocycles. The highest BCUT2D eigenvalue weighted by Gasteiger charge is 2.24. The molecule has 0 radical (unpaired) electrons. The number of halogens is 1. The third-order valence-electron chi connectivity index (χ3n) is 5.99. The molecule has 0 amide bonds. The van der Waals surface area contributed by atoms with E-state index in [0.717, 1.165) is 64.7 Å². The van der Waals surface area contributed by atoms with Gasteiger partial charge in [0.2, 0.25) is 0 Å². The van der Waals surface area contributed by atoms with Gasteiger partial charge in [0.25, 0.3) is 0 Å². The summed E-state index contributed by atoms with van der Waals surface area (Å²) in [5.74, 6) is 0.860. The number of nitrogens with one attached hydrogen (secondary N) is 1. The molecule has 1 aromatic carbocycles. The standard InChI is InChI=1S/C21H24ClN7/c1-28-11-16-17(27-28)7-6-14(19(16)22)15-9-25-21-20(15)24-10-18(26-21)29(2)13-5-3-4-12(23)8-13/h6-7,9-13H,3-5,8,23H2,1-2H3,(H,25,26)/t12-,13-/m1/s1. The molecular weight excluding hydrogens is 386 g/mol. The topological polar surface area (TPSA) is 88.7 Å². The van der Waals surface area contributed by atoms with Crippen LogP contribution in [0.5, 0.6) is 0 Å².